The van der Waals surface area contributed by atoms with Crippen LogP contribution in [0.5, 0.6) is 0 Å². The SMILES string of the molecule is Cc1nc2ccc(-c3ccc(NC#N)nn3)cc2[nH]1. The Hall–Kier alpha value is -2.94. The van der Waals surface area contributed by atoms with E-state index in [0.29, 0.717) is 5.82 Å². The molecule has 0 fully saturated rings. The van der Waals surface area contributed by atoms with E-state index >= 15 is 0 Å². The molecule has 0 spiro atoms. The molecule has 1 aromatic carbocycles. The number of aromatic nitrogens is 4. The minimum Gasteiger partial charge on any atom is -0.342 e. The van der Waals surface area contributed by atoms with Crippen LogP contribution in [0.4, 0.5) is 5.82 Å². The zero-order chi connectivity index (χ0) is 13.2. The van der Waals surface area contributed by atoms with Crippen molar-refractivity contribution in [1.82, 2.24) is 20.2 Å². The van der Waals surface area contributed by atoms with Crippen LogP contribution in [0.25, 0.3) is 22.3 Å². The number of H-pyrrole nitrogens is 1. The highest BCUT2D eigenvalue weighted by atomic mass is 15.2. The van der Waals surface area contributed by atoms with Crippen LogP contribution >= 0.6 is 0 Å². The van der Waals surface area contributed by atoms with Crippen molar-refractivity contribution in [2.24, 2.45) is 0 Å². The summed E-state index contributed by atoms with van der Waals surface area (Å²) in [7, 11) is 0. The standard InChI is InChI=1S/C13H10N6/c1-8-16-11-3-2-9(6-12(11)17-8)10-4-5-13(15-7-14)19-18-10/h2-6H,1H3,(H,15,19)(H,16,17). The first-order chi connectivity index (χ1) is 9.26. The van der Waals surface area contributed by atoms with E-state index in [4.69, 9.17) is 5.26 Å². The smallest absolute Gasteiger partial charge is 0.182 e. The topological polar surface area (TPSA) is 90.3 Å². The van der Waals surface area contributed by atoms with E-state index in [0.717, 1.165) is 28.1 Å². The third-order valence-electron chi connectivity index (χ3n) is 2.74. The van der Waals surface area contributed by atoms with Crippen molar-refractivity contribution in [1.29, 1.82) is 5.26 Å². The average molecular weight is 250 g/mol. The Morgan fingerprint density at radius 3 is 2.84 bits per heavy atom. The lowest BCUT2D eigenvalue weighted by Crippen LogP contribution is -1.94. The summed E-state index contributed by atoms with van der Waals surface area (Å²) < 4.78 is 0. The number of rotatable bonds is 2. The van der Waals surface area contributed by atoms with Crippen molar-refractivity contribution in [3.8, 4) is 17.5 Å². The summed E-state index contributed by atoms with van der Waals surface area (Å²) in [5.74, 6) is 1.32. The fourth-order valence-electron chi connectivity index (χ4n) is 1.91. The first-order valence-corrected chi connectivity index (χ1v) is 5.72. The molecule has 19 heavy (non-hydrogen) atoms. The van der Waals surface area contributed by atoms with Gasteiger partial charge in [0.2, 0.25) is 0 Å². The number of hydrogen-bond donors (Lipinski definition) is 2. The Labute approximate surface area is 109 Å². The number of fused-ring (bicyclic) bond motifs is 1. The van der Waals surface area contributed by atoms with Gasteiger partial charge in [-0.25, -0.2) is 4.98 Å². The lowest BCUT2D eigenvalue weighted by atomic mass is 10.1. The minimum atomic E-state index is 0.435. The number of hydrogen-bond acceptors (Lipinski definition) is 5. The molecule has 6 heteroatoms. The summed E-state index contributed by atoms with van der Waals surface area (Å²) >= 11 is 0. The van der Waals surface area contributed by atoms with E-state index in [-0.39, 0.29) is 0 Å². The minimum absolute atomic E-state index is 0.435. The highest BCUT2D eigenvalue weighted by Crippen LogP contribution is 2.21. The van der Waals surface area contributed by atoms with Crippen molar-refractivity contribution in [3.05, 3.63) is 36.2 Å². The number of nitrogens with zero attached hydrogens (tertiary/aromatic N) is 4. The Balaban J connectivity index is 2.01. The van der Waals surface area contributed by atoms with Crippen LogP contribution in [0.2, 0.25) is 0 Å². The Morgan fingerprint density at radius 1 is 1.21 bits per heavy atom. The molecule has 0 amide bonds. The van der Waals surface area contributed by atoms with E-state index in [1.165, 1.54) is 0 Å². The van der Waals surface area contributed by atoms with Gasteiger partial charge in [-0.2, -0.15) is 5.26 Å². The molecule has 0 aliphatic rings. The molecule has 0 unspecified atom stereocenters. The number of nitrogens with one attached hydrogen (secondary N) is 2. The zero-order valence-electron chi connectivity index (χ0n) is 10.2. The molecule has 2 heterocycles. The molecule has 0 radical (unpaired) electrons. The van der Waals surface area contributed by atoms with Crippen LogP contribution in [0.1, 0.15) is 5.82 Å². The molecule has 0 bridgehead atoms. The zero-order valence-corrected chi connectivity index (χ0v) is 10.2. The van der Waals surface area contributed by atoms with Gasteiger partial charge in [0.1, 0.15) is 5.82 Å². The second-order valence-corrected chi connectivity index (χ2v) is 4.09. The summed E-state index contributed by atoms with van der Waals surface area (Å²) in [4.78, 5) is 7.53. The highest BCUT2D eigenvalue weighted by molar-refractivity contribution is 5.81. The Kier molecular flexibility index (Phi) is 2.58. The van der Waals surface area contributed by atoms with Gasteiger partial charge < -0.3 is 4.98 Å². The third-order valence-corrected chi connectivity index (χ3v) is 2.74. The summed E-state index contributed by atoms with van der Waals surface area (Å²) in [5.41, 5.74) is 3.60. The second kappa shape index (κ2) is 4.38. The summed E-state index contributed by atoms with van der Waals surface area (Å²) in [6.45, 7) is 1.92. The van der Waals surface area contributed by atoms with Crippen molar-refractivity contribution < 1.29 is 0 Å². The van der Waals surface area contributed by atoms with Crippen molar-refractivity contribution in [2.45, 2.75) is 6.92 Å². The molecule has 3 aromatic rings. The quantitative estimate of drug-likeness (QED) is 0.537. The van der Waals surface area contributed by atoms with Gasteiger partial charge in [0.15, 0.2) is 12.0 Å². The Bertz CT molecular complexity index is 766. The van der Waals surface area contributed by atoms with Gasteiger partial charge >= 0.3 is 0 Å². The third kappa shape index (κ3) is 2.09. The lowest BCUT2D eigenvalue weighted by molar-refractivity contribution is 1.04. The van der Waals surface area contributed by atoms with Gasteiger partial charge in [0.25, 0.3) is 0 Å². The van der Waals surface area contributed by atoms with Gasteiger partial charge in [-0.1, -0.05) is 6.07 Å². The normalized spacial score (nSPS) is 10.3. The van der Waals surface area contributed by atoms with Crippen LogP contribution in [0, 0.1) is 18.4 Å². The first-order valence-electron chi connectivity index (χ1n) is 5.72. The van der Waals surface area contributed by atoms with Gasteiger partial charge in [-0.15, -0.1) is 10.2 Å². The molecule has 6 nitrogen and oxygen atoms in total. The maximum atomic E-state index is 8.49. The highest BCUT2D eigenvalue weighted by Gasteiger charge is 2.04. The molecule has 0 saturated heterocycles. The fourth-order valence-corrected chi connectivity index (χ4v) is 1.91. The van der Waals surface area contributed by atoms with Gasteiger partial charge in [0.05, 0.1) is 16.7 Å². The van der Waals surface area contributed by atoms with Crippen LogP contribution in [0.3, 0.4) is 0 Å². The van der Waals surface area contributed by atoms with Gasteiger partial charge in [0, 0.05) is 5.56 Å². The van der Waals surface area contributed by atoms with Crippen LogP contribution in [0.15, 0.2) is 30.3 Å². The number of aryl methyl sites for hydroxylation is 1. The van der Waals surface area contributed by atoms with Crippen molar-refractivity contribution in [3.63, 3.8) is 0 Å². The van der Waals surface area contributed by atoms with Crippen LogP contribution < -0.4 is 5.32 Å². The van der Waals surface area contributed by atoms with Crippen molar-refractivity contribution in [2.75, 3.05) is 5.32 Å². The second-order valence-electron chi connectivity index (χ2n) is 4.09. The number of anilines is 1. The van der Waals surface area contributed by atoms with E-state index in [1.54, 1.807) is 12.3 Å². The molecule has 2 N–H and O–H groups in total. The Morgan fingerprint density at radius 2 is 2.11 bits per heavy atom. The number of benzene rings is 1. The molecule has 92 valence electrons. The number of imidazole rings is 1. The molecular weight excluding hydrogens is 240 g/mol. The van der Waals surface area contributed by atoms with Crippen molar-refractivity contribution >= 4 is 16.9 Å². The molecular formula is C13H10N6. The predicted octanol–water partition coefficient (Wildman–Crippen LogP) is 2.22. The molecule has 0 aliphatic carbocycles. The number of aromatic amines is 1. The molecule has 2 aromatic heterocycles. The molecule has 3 rings (SSSR count). The summed E-state index contributed by atoms with van der Waals surface area (Å²) in [5, 5.41) is 18.9. The largest absolute Gasteiger partial charge is 0.342 e. The fraction of sp³-hybridized carbons (Fsp3) is 0.0769. The van der Waals surface area contributed by atoms with E-state index in [9.17, 15) is 0 Å². The first kappa shape index (κ1) is 11.2. The van der Waals surface area contributed by atoms with Gasteiger partial charge in [-0.05, 0) is 31.2 Å². The van der Waals surface area contributed by atoms with E-state index in [1.807, 2.05) is 31.2 Å². The monoisotopic (exact) mass is 250 g/mol. The molecule has 0 atom stereocenters. The number of nitriles is 1. The average Bonchev–Trinajstić information content (AvgIpc) is 2.79. The van der Waals surface area contributed by atoms with E-state index < -0.39 is 0 Å². The van der Waals surface area contributed by atoms with Gasteiger partial charge in [-0.3, -0.25) is 5.32 Å². The molecule has 0 saturated carbocycles. The van der Waals surface area contributed by atoms with E-state index in [2.05, 4.69) is 25.5 Å². The summed E-state index contributed by atoms with van der Waals surface area (Å²) in [6, 6.07) is 9.41. The maximum Gasteiger partial charge on any atom is 0.182 e. The molecule has 0 aliphatic heterocycles. The predicted molar refractivity (Wildman–Crippen MR) is 71.1 cm³/mol. The van der Waals surface area contributed by atoms with Crippen LogP contribution in [-0.2, 0) is 0 Å². The van der Waals surface area contributed by atoms with Crippen LogP contribution in [-0.4, -0.2) is 20.2 Å². The lowest BCUT2D eigenvalue weighted by Gasteiger charge is -2.01. The maximum absolute atomic E-state index is 8.49. The summed E-state index contributed by atoms with van der Waals surface area (Å²) in [6.07, 6.45) is 1.80.